The van der Waals surface area contributed by atoms with Gasteiger partial charge in [0.2, 0.25) is 0 Å². The molecule has 4 heteroatoms. The summed E-state index contributed by atoms with van der Waals surface area (Å²) in [6, 6.07) is 13.3. The molecule has 2 atom stereocenters. The lowest BCUT2D eigenvalue weighted by molar-refractivity contribution is 0.470. The molecule has 29 heavy (non-hydrogen) atoms. The molecule has 0 bridgehead atoms. The SMILES string of the molecule is C=C=C1c2ccc(-c3ccc(C[C@@H](C#N)NC[C@@H](C)CC)c(F)c3)cc2CN1C. The highest BCUT2D eigenvalue weighted by molar-refractivity contribution is 5.75. The average Bonchev–Trinajstić information content (AvgIpc) is 3.05. The Labute approximate surface area is 173 Å². The van der Waals surface area contributed by atoms with Crippen LogP contribution < -0.4 is 5.32 Å². The number of rotatable bonds is 7. The Hall–Kier alpha value is -2.86. The van der Waals surface area contributed by atoms with Crippen LogP contribution in [0.2, 0.25) is 0 Å². The van der Waals surface area contributed by atoms with E-state index in [-0.39, 0.29) is 11.9 Å². The molecular weight excluding hydrogens is 361 g/mol. The minimum atomic E-state index is -0.385. The summed E-state index contributed by atoms with van der Waals surface area (Å²) >= 11 is 0. The van der Waals surface area contributed by atoms with Crippen molar-refractivity contribution >= 4 is 5.70 Å². The van der Waals surface area contributed by atoms with Gasteiger partial charge in [-0.1, -0.05) is 51.1 Å². The molecule has 150 valence electrons. The first-order chi connectivity index (χ1) is 14.0. The van der Waals surface area contributed by atoms with Crippen molar-refractivity contribution in [2.24, 2.45) is 5.92 Å². The van der Waals surface area contributed by atoms with E-state index in [1.165, 1.54) is 5.56 Å². The van der Waals surface area contributed by atoms with Gasteiger partial charge in [-0.25, -0.2) is 4.39 Å². The largest absolute Gasteiger partial charge is 0.363 e. The Bertz CT molecular complexity index is 982. The average molecular weight is 390 g/mol. The number of benzene rings is 2. The number of fused-ring (bicyclic) bond motifs is 1. The Morgan fingerprint density at radius 2 is 1.97 bits per heavy atom. The molecule has 0 saturated heterocycles. The van der Waals surface area contributed by atoms with Crippen LogP contribution >= 0.6 is 0 Å². The number of nitriles is 1. The van der Waals surface area contributed by atoms with Gasteiger partial charge in [0.05, 0.1) is 17.8 Å². The van der Waals surface area contributed by atoms with Gasteiger partial charge in [0, 0.05) is 25.6 Å². The van der Waals surface area contributed by atoms with Crippen molar-refractivity contribution in [1.82, 2.24) is 10.2 Å². The van der Waals surface area contributed by atoms with Crippen LogP contribution in [0.25, 0.3) is 16.8 Å². The second-order valence-corrected chi connectivity index (χ2v) is 7.87. The van der Waals surface area contributed by atoms with E-state index in [0.717, 1.165) is 41.9 Å². The zero-order chi connectivity index (χ0) is 21.0. The van der Waals surface area contributed by atoms with Gasteiger partial charge in [0.15, 0.2) is 0 Å². The summed E-state index contributed by atoms with van der Waals surface area (Å²) in [5.41, 5.74) is 8.71. The molecule has 0 amide bonds. The number of hydrogen-bond donors (Lipinski definition) is 1. The lowest BCUT2D eigenvalue weighted by atomic mass is 9.97. The highest BCUT2D eigenvalue weighted by Crippen LogP contribution is 2.34. The lowest BCUT2D eigenvalue weighted by Gasteiger charge is -2.15. The molecule has 3 nitrogen and oxygen atoms in total. The predicted molar refractivity (Wildman–Crippen MR) is 116 cm³/mol. The van der Waals surface area contributed by atoms with E-state index in [1.54, 1.807) is 12.1 Å². The predicted octanol–water partition coefficient (Wildman–Crippen LogP) is 5.13. The molecule has 0 aromatic heterocycles. The summed E-state index contributed by atoms with van der Waals surface area (Å²) in [7, 11) is 2.02. The zero-order valence-electron chi connectivity index (χ0n) is 17.4. The minimum absolute atomic E-state index is 0.266. The number of halogens is 1. The minimum Gasteiger partial charge on any atom is -0.363 e. The molecule has 0 unspecified atom stereocenters. The molecule has 1 N–H and O–H groups in total. The molecule has 3 rings (SSSR count). The van der Waals surface area contributed by atoms with E-state index in [1.807, 2.05) is 19.2 Å². The van der Waals surface area contributed by atoms with E-state index in [4.69, 9.17) is 0 Å². The summed E-state index contributed by atoms with van der Waals surface area (Å²) < 4.78 is 14.8. The van der Waals surface area contributed by atoms with Gasteiger partial charge in [-0.3, -0.25) is 0 Å². The fourth-order valence-corrected chi connectivity index (χ4v) is 3.67. The second kappa shape index (κ2) is 9.09. The third-order valence-corrected chi connectivity index (χ3v) is 5.69. The standard InChI is InChI=1S/C25H28FN3/c1-5-17(3)15-28-22(14-27)12-20-8-7-19(13-24(20)26)18-9-10-23-21(11-18)16-29(4)25(23)6-2/h7-11,13,17,22,28H,2,5,12,15-16H2,1,3-4H3/t17-,22-/m0/s1. The molecule has 1 heterocycles. The van der Waals surface area contributed by atoms with Crippen LogP contribution in [-0.4, -0.2) is 24.5 Å². The Balaban J connectivity index is 1.77. The fraction of sp³-hybridized carbons (Fsp3) is 0.360. The van der Waals surface area contributed by atoms with Crippen LogP contribution in [0.1, 0.15) is 37.0 Å². The van der Waals surface area contributed by atoms with Gasteiger partial charge < -0.3 is 10.2 Å². The molecule has 2 aromatic rings. The van der Waals surface area contributed by atoms with Crippen LogP contribution in [0, 0.1) is 23.1 Å². The maximum absolute atomic E-state index is 14.8. The number of nitrogens with one attached hydrogen (secondary N) is 1. The van der Waals surface area contributed by atoms with E-state index in [2.05, 4.69) is 54.6 Å². The molecule has 2 aromatic carbocycles. The highest BCUT2D eigenvalue weighted by atomic mass is 19.1. The Morgan fingerprint density at radius 1 is 1.24 bits per heavy atom. The first kappa shape index (κ1) is 20.9. The number of hydrogen-bond acceptors (Lipinski definition) is 3. The number of nitrogens with zero attached hydrogens (tertiary/aromatic N) is 2. The van der Waals surface area contributed by atoms with Crippen molar-refractivity contribution in [2.75, 3.05) is 13.6 Å². The molecular formula is C25H28FN3. The summed E-state index contributed by atoms with van der Waals surface area (Å²) in [6.07, 6.45) is 1.41. The maximum atomic E-state index is 14.8. The van der Waals surface area contributed by atoms with Crippen LogP contribution in [0.3, 0.4) is 0 Å². The van der Waals surface area contributed by atoms with Crippen LogP contribution in [0.4, 0.5) is 4.39 Å². The first-order valence-corrected chi connectivity index (χ1v) is 10.1. The third-order valence-electron chi connectivity index (χ3n) is 5.69. The molecule has 1 aliphatic rings. The summed E-state index contributed by atoms with van der Waals surface area (Å²) in [4.78, 5) is 2.11. The van der Waals surface area contributed by atoms with Crippen molar-refractivity contribution in [2.45, 2.75) is 39.3 Å². The molecule has 0 radical (unpaired) electrons. The van der Waals surface area contributed by atoms with Crippen molar-refractivity contribution in [1.29, 1.82) is 5.26 Å². The van der Waals surface area contributed by atoms with E-state index in [0.29, 0.717) is 17.9 Å². The van der Waals surface area contributed by atoms with Crippen molar-refractivity contribution < 1.29 is 4.39 Å². The smallest absolute Gasteiger partial charge is 0.127 e. The normalized spacial score (nSPS) is 14.9. The Kier molecular flexibility index (Phi) is 6.54. The van der Waals surface area contributed by atoms with Crippen molar-refractivity contribution in [3.63, 3.8) is 0 Å². The van der Waals surface area contributed by atoms with Crippen molar-refractivity contribution in [3.8, 4) is 17.2 Å². The molecule has 0 fully saturated rings. The summed E-state index contributed by atoms with van der Waals surface area (Å²) in [5, 5.41) is 12.6. The summed E-state index contributed by atoms with van der Waals surface area (Å²) in [6.45, 7) is 9.59. The van der Waals surface area contributed by atoms with E-state index in [9.17, 15) is 9.65 Å². The lowest BCUT2D eigenvalue weighted by Crippen LogP contribution is -2.33. The van der Waals surface area contributed by atoms with Gasteiger partial charge >= 0.3 is 0 Å². The Morgan fingerprint density at radius 3 is 2.62 bits per heavy atom. The van der Waals surface area contributed by atoms with Crippen LogP contribution in [0.5, 0.6) is 0 Å². The van der Waals surface area contributed by atoms with Gasteiger partial charge in [-0.05, 0) is 46.8 Å². The second-order valence-electron chi connectivity index (χ2n) is 7.87. The first-order valence-electron chi connectivity index (χ1n) is 10.1. The fourth-order valence-electron chi connectivity index (χ4n) is 3.67. The van der Waals surface area contributed by atoms with Gasteiger partial charge in [0.25, 0.3) is 0 Å². The summed E-state index contributed by atoms with van der Waals surface area (Å²) in [5.74, 6) is 0.228. The quantitative estimate of drug-likeness (QED) is 0.667. The topological polar surface area (TPSA) is 39.1 Å². The van der Waals surface area contributed by atoms with E-state index < -0.39 is 0 Å². The molecule has 0 saturated carbocycles. The third kappa shape index (κ3) is 4.59. The molecule has 0 spiro atoms. The molecule has 1 aliphatic heterocycles. The van der Waals surface area contributed by atoms with Crippen molar-refractivity contribution in [3.05, 3.63) is 71.2 Å². The van der Waals surface area contributed by atoms with Crippen LogP contribution in [-0.2, 0) is 13.0 Å². The van der Waals surface area contributed by atoms with Gasteiger partial charge in [-0.15, -0.1) is 5.73 Å². The van der Waals surface area contributed by atoms with Gasteiger partial charge in [-0.2, -0.15) is 5.26 Å². The monoisotopic (exact) mass is 389 g/mol. The highest BCUT2D eigenvalue weighted by Gasteiger charge is 2.21. The van der Waals surface area contributed by atoms with Crippen LogP contribution in [0.15, 0.2) is 48.7 Å². The zero-order valence-corrected chi connectivity index (χ0v) is 17.4. The van der Waals surface area contributed by atoms with Gasteiger partial charge in [0.1, 0.15) is 5.82 Å². The maximum Gasteiger partial charge on any atom is 0.127 e. The molecule has 0 aliphatic carbocycles. The van der Waals surface area contributed by atoms with E-state index >= 15 is 0 Å².